The van der Waals surface area contributed by atoms with E-state index in [1.54, 1.807) is 0 Å². The van der Waals surface area contributed by atoms with Crippen molar-refractivity contribution in [3.8, 4) is 0 Å². The predicted octanol–water partition coefficient (Wildman–Crippen LogP) is 5.22. The van der Waals surface area contributed by atoms with Crippen molar-refractivity contribution in [2.24, 2.45) is 11.8 Å². The van der Waals surface area contributed by atoms with Crippen molar-refractivity contribution in [2.45, 2.75) is 64.7 Å². The number of Topliss-reactive ketones (excluding diaryl/α,β-unsaturated/α-hetero) is 1. The molecule has 0 amide bonds. The van der Waals surface area contributed by atoms with Crippen molar-refractivity contribution in [3.63, 3.8) is 0 Å². The molecule has 0 saturated heterocycles. The van der Waals surface area contributed by atoms with Gasteiger partial charge in [0.15, 0.2) is 0 Å². The van der Waals surface area contributed by atoms with Crippen LogP contribution in [0.15, 0.2) is 24.3 Å². The molecule has 1 rings (SSSR count). The number of ketones is 1. The van der Waals surface area contributed by atoms with Crippen LogP contribution in [-0.4, -0.2) is 13.9 Å². The SMILES string of the molecule is C=C(/C=C/CCCC1C[C@@H](C)CC1=O)C[Si](C)(C)C. The third-order valence-electron chi connectivity index (χ3n) is 3.73. The van der Waals surface area contributed by atoms with Gasteiger partial charge in [0.05, 0.1) is 0 Å². The monoisotopic (exact) mass is 278 g/mol. The molecule has 0 spiro atoms. The lowest BCUT2D eigenvalue weighted by Gasteiger charge is -2.15. The Morgan fingerprint density at radius 1 is 1.42 bits per heavy atom. The Morgan fingerprint density at radius 3 is 2.63 bits per heavy atom. The quantitative estimate of drug-likeness (QED) is 0.354. The second-order valence-corrected chi connectivity index (χ2v) is 12.9. The summed E-state index contributed by atoms with van der Waals surface area (Å²) in [6, 6.07) is 1.18. The van der Waals surface area contributed by atoms with Crippen LogP contribution in [0.4, 0.5) is 0 Å². The van der Waals surface area contributed by atoms with Crippen molar-refractivity contribution in [1.29, 1.82) is 0 Å². The number of hydrogen-bond acceptors (Lipinski definition) is 1. The van der Waals surface area contributed by atoms with E-state index in [1.165, 1.54) is 11.6 Å². The van der Waals surface area contributed by atoms with Crippen LogP contribution in [0.5, 0.6) is 0 Å². The molecule has 0 aliphatic heterocycles. The maximum atomic E-state index is 11.7. The zero-order valence-electron chi connectivity index (χ0n) is 13.2. The van der Waals surface area contributed by atoms with Crippen molar-refractivity contribution in [3.05, 3.63) is 24.3 Å². The first-order valence-corrected chi connectivity index (χ1v) is 11.4. The highest BCUT2D eigenvalue weighted by Crippen LogP contribution is 2.30. The Hall–Kier alpha value is -0.633. The molecule has 1 fully saturated rings. The first-order chi connectivity index (χ1) is 8.78. The summed E-state index contributed by atoms with van der Waals surface area (Å²) in [6.45, 7) is 13.4. The number of hydrogen-bond donors (Lipinski definition) is 0. The average molecular weight is 279 g/mol. The van der Waals surface area contributed by atoms with E-state index in [1.807, 2.05) is 0 Å². The van der Waals surface area contributed by atoms with Gasteiger partial charge in [-0.1, -0.05) is 50.9 Å². The molecule has 0 aromatic rings. The summed E-state index contributed by atoms with van der Waals surface area (Å²) < 4.78 is 0. The van der Waals surface area contributed by atoms with E-state index in [0.717, 1.165) is 32.1 Å². The molecular formula is C17H30OSi. The summed E-state index contributed by atoms with van der Waals surface area (Å²) in [7, 11) is -1.02. The zero-order chi connectivity index (χ0) is 14.5. The summed E-state index contributed by atoms with van der Waals surface area (Å²) in [5.41, 5.74) is 1.27. The Kier molecular flexibility index (Phi) is 6.25. The molecule has 1 unspecified atom stereocenters. The second-order valence-electron chi connectivity index (χ2n) is 7.44. The van der Waals surface area contributed by atoms with Crippen LogP contribution < -0.4 is 0 Å². The predicted molar refractivity (Wildman–Crippen MR) is 87.2 cm³/mol. The topological polar surface area (TPSA) is 17.1 Å². The van der Waals surface area contributed by atoms with Gasteiger partial charge >= 0.3 is 0 Å². The zero-order valence-corrected chi connectivity index (χ0v) is 14.2. The van der Waals surface area contributed by atoms with E-state index < -0.39 is 8.07 Å². The largest absolute Gasteiger partial charge is 0.299 e. The van der Waals surface area contributed by atoms with Crippen LogP contribution in [-0.2, 0) is 4.79 Å². The highest BCUT2D eigenvalue weighted by Gasteiger charge is 2.28. The minimum atomic E-state index is -1.02. The van der Waals surface area contributed by atoms with Gasteiger partial charge in [0.1, 0.15) is 5.78 Å². The van der Waals surface area contributed by atoms with Gasteiger partial charge in [0.2, 0.25) is 0 Å². The first kappa shape index (κ1) is 16.4. The Bertz CT molecular complexity index is 349. The van der Waals surface area contributed by atoms with Crippen LogP contribution in [0.3, 0.4) is 0 Å². The molecular weight excluding hydrogens is 248 g/mol. The molecule has 2 heteroatoms. The summed E-state index contributed by atoms with van der Waals surface area (Å²) >= 11 is 0. The van der Waals surface area contributed by atoms with Crippen LogP contribution in [0.25, 0.3) is 0 Å². The van der Waals surface area contributed by atoms with E-state index in [-0.39, 0.29) is 0 Å². The third kappa shape index (κ3) is 6.91. The molecule has 1 nitrogen and oxygen atoms in total. The fraction of sp³-hybridized carbons (Fsp3) is 0.706. The summed E-state index contributed by atoms with van der Waals surface area (Å²) in [4.78, 5) is 11.7. The average Bonchev–Trinajstić information content (AvgIpc) is 2.54. The lowest BCUT2D eigenvalue weighted by atomic mass is 9.98. The first-order valence-electron chi connectivity index (χ1n) is 7.65. The van der Waals surface area contributed by atoms with E-state index in [0.29, 0.717) is 17.6 Å². The highest BCUT2D eigenvalue weighted by atomic mass is 28.3. The molecule has 0 aromatic heterocycles. The standard InChI is InChI=1S/C17H30OSi/c1-14(13-19(3,4)5)9-7-6-8-10-16-11-15(2)12-17(16)18/h7,9,15-16H,1,6,8,10-13H2,2-5H3/b9-7+/t15-,16?/m1/s1. The van der Waals surface area contributed by atoms with Crippen molar-refractivity contribution in [1.82, 2.24) is 0 Å². The van der Waals surface area contributed by atoms with Gasteiger partial charge in [-0.3, -0.25) is 4.79 Å². The Balaban J connectivity index is 2.17. The molecule has 1 aliphatic rings. The fourth-order valence-corrected chi connectivity index (χ4v) is 4.44. The van der Waals surface area contributed by atoms with Crippen LogP contribution in [0.2, 0.25) is 25.7 Å². The lowest BCUT2D eigenvalue weighted by Crippen LogP contribution is -2.19. The highest BCUT2D eigenvalue weighted by molar-refractivity contribution is 6.76. The van der Waals surface area contributed by atoms with Crippen molar-refractivity contribution < 1.29 is 4.79 Å². The minimum Gasteiger partial charge on any atom is -0.299 e. The molecule has 0 radical (unpaired) electrons. The van der Waals surface area contributed by atoms with Gasteiger partial charge in [-0.25, -0.2) is 0 Å². The molecule has 0 N–H and O–H groups in total. The van der Waals surface area contributed by atoms with Crippen molar-refractivity contribution >= 4 is 13.9 Å². The maximum absolute atomic E-state index is 11.7. The lowest BCUT2D eigenvalue weighted by molar-refractivity contribution is -0.120. The minimum absolute atomic E-state index is 0.355. The second kappa shape index (κ2) is 7.23. The summed E-state index contributed by atoms with van der Waals surface area (Å²) in [6.07, 6.45) is 9.66. The van der Waals surface area contributed by atoms with Crippen LogP contribution >= 0.6 is 0 Å². The number of carbonyl (C=O) groups excluding carboxylic acids is 1. The van der Waals surface area contributed by atoms with Gasteiger partial charge in [0, 0.05) is 20.4 Å². The van der Waals surface area contributed by atoms with Gasteiger partial charge in [0.25, 0.3) is 0 Å². The molecule has 0 aromatic carbocycles. The normalized spacial score (nSPS) is 24.3. The molecule has 2 atom stereocenters. The van der Waals surface area contributed by atoms with Gasteiger partial charge in [-0.05, 0) is 37.6 Å². The molecule has 19 heavy (non-hydrogen) atoms. The Labute approximate surface area is 120 Å². The van der Waals surface area contributed by atoms with E-state index in [9.17, 15) is 4.79 Å². The molecule has 1 aliphatic carbocycles. The number of carbonyl (C=O) groups is 1. The van der Waals surface area contributed by atoms with Gasteiger partial charge < -0.3 is 0 Å². The molecule has 108 valence electrons. The Morgan fingerprint density at radius 2 is 2.11 bits per heavy atom. The fourth-order valence-electron chi connectivity index (χ4n) is 2.96. The number of allylic oxidation sites excluding steroid dienone is 3. The molecule has 0 heterocycles. The third-order valence-corrected chi connectivity index (χ3v) is 5.24. The number of rotatable bonds is 7. The maximum Gasteiger partial charge on any atom is 0.136 e. The summed E-state index contributed by atoms with van der Waals surface area (Å²) in [5.74, 6) is 1.47. The van der Waals surface area contributed by atoms with Crippen molar-refractivity contribution in [2.75, 3.05) is 0 Å². The van der Waals surface area contributed by atoms with E-state index in [2.05, 4.69) is 45.3 Å². The van der Waals surface area contributed by atoms with Gasteiger partial charge in [-0.15, -0.1) is 0 Å². The van der Waals surface area contributed by atoms with E-state index in [4.69, 9.17) is 0 Å². The summed E-state index contributed by atoms with van der Waals surface area (Å²) in [5, 5.41) is 0. The molecule has 0 bridgehead atoms. The smallest absolute Gasteiger partial charge is 0.136 e. The van der Waals surface area contributed by atoms with Crippen LogP contribution in [0.1, 0.15) is 39.0 Å². The van der Waals surface area contributed by atoms with Gasteiger partial charge in [-0.2, -0.15) is 0 Å². The van der Waals surface area contributed by atoms with Crippen LogP contribution in [0, 0.1) is 11.8 Å². The molecule has 1 saturated carbocycles. The van der Waals surface area contributed by atoms with E-state index >= 15 is 0 Å². The number of unbranched alkanes of at least 4 members (excludes halogenated alkanes) is 1.